The Hall–Kier alpha value is -2.62. The van der Waals surface area contributed by atoms with Crippen LogP contribution in [0.3, 0.4) is 0 Å². The number of ether oxygens (including phenoxy) is 2. The van der Waals surface area contributed by atoms with Crippen molar-refractivity contribution in [3.05, 3.63) is 59.7 Å². The third kappa shape index (κ3) is 4.95. The highest BCUT2D eigenvalue weighted by atomic mass is 16.5. The molecule has 0 amide bonds. The normalized spacial score (nSPS) is 10.2. The van der Waals surface area contributed by atoms with Gasteiger partial charge in [0.15, 0.2) is 5.78 Å². The standard InChI is InChI=1S/C20H22O4/c1-3-4-7-14-23-17-12-10-16(11-13-17)20(22)18-8-5-6-9-19(18)24-15(2)21/h5-6,8-13H,3-4,7,14H2,1-2H3. The molecule has 0 aliphatic carbocycles. The van der Waals surface area contributed by atoms with Gasteiger partial charge in [-0.15, -0.1) is 0 Å². The van der Waals surface area contributed by atoms with Crippen LogP contribution >= 0.6 is 0 Å². The maximum absolute atomic E-state index is 12.6. The molecule has 4 heteroatoms. The molecule has 0 aliphatic heterocycles. The molecule has 2 aromatic rings. The van der Waals surface area contributed by atoms with Crippen LogP contribution in [0.15, 0.2) is 48.5 Å². The van der Waals surface area contributed by atoms with Crippen LogP contribution in [0.2, 0.25) is 0 Å². The molecule has 0 spiro atoms. The first-order valence-corrected chi connectivity index (χ1v) is 8.17. The van der Waals surface area contributed by atoms with Gasteiger partial charge in [0.1, 0.15) is 11.5 Å². The van der Waals surface area contributed by atoms with Gasteiger partial charge in [-0.2, -0.15) is 0 Å². The average molecular weight is 326 g/mol. The van der Waals surface area contributed by atoms with Crippen molar-refractivity contribution in [1.82, 2.24) is 0 Å². The lowest BCUT2D eigenvalue weighted by molar-refractivity contribution is -0.131. The third-order valence-corrected chi connectivity index (χ3v) is 3.52. The number of unbranched alkanes of at least 4 members (excludes halogenated alkanes) is 2. The fourth-order valence-corrected chi connectivity index (χ4v) is 2.30. The van der Waals surface area contributed by atoms with Crippen molar-refractivity contribution in [2.24, 2.45) is 0 Å². The molecule has 4 nitrogen and oxygen atoms in total. The summed E-state index contributed by atoms with van der Waals surface area (Å²) >= 11 is 0. The van der Waals surface area contributed by atoms with E-state index in [0.29, 0.717) is 17.7 Å². The third-order valence-electron chi connectivity index (χ3n) is 3.52. The van der Waals surface area contributed by atoms with Gasteiger partial charge >= 0.3 is 5.97 Å². The topological polar surface area (TPSA) is 52.6 Å². The summed E-state index contributed by atoms with van der Waals surface area (Å²) < 4.78 is 10.7. The lowest BCUT2D eigenvalue weighted by atomic mass is 10.0. The van der Waals surface area contributed by atoms with Crippen LogP contribution in [0.5, 0.6) is 11.5 Å². The molecule has 0 aromatic heterocycles. The number of hydrogen-bond donors (Lipinski definition) is 0. The van der Waals surface area contributed by atoms with Gasteiger partial charge in [-0.05, 0) is 42.8 Å². The zero-order valence-corrected chi connectivity index (χ0v) is 14.1. The van der Waals surface area contributed by atoms with Crippen molar-refractivity contribution in [1.29, 1.82) is 0 Å². The number of rotatable bonds is 8. The minimum Gasteiger partial charge on any atom is -0.494 e. The number of hydrogen-bond acceptors (Lipinski definition) is 4. The number of carbonyl (C=O) groups is 2. The SMILES string of the molecule is CCCCCOc1ccc(C(=O)c2ccccc2OC(C)=O)cc1. The van der Waals surface area contributed by atoms with E-state index in [0.717, 1.165) is 25.0 Å². The molecule has 0 aliphatic rings. The van der Waals surface area contributed by atoms with Gasteiger partial charge in [0.05, 0.1) is 12.2 Å². The molecule has 2 rings (SSSR count). The Bertz CT molecular complexity index is 689. The van der Waals surface area contributed by atoms with Crippen LogP contribution < -0.4 is 9.47 Å². The van der Waals surface area contributed by atoms with Crippen LogP contribution in [0.25, 0.3) is 0 Å². The maximum atomic E-state index is 12.6. The average Bonchev–Trinajstić information content (AvgIpc) is 2.59. The van der Waals surface area contributed by atoms with E-state index >= 15 is 0 Å². The Kier molecular flexibility index (Phi) is 6.55. The Morgan fingerprint density at radius 1 is 0.958 bits per heavy atom. The molecule has 0 fully saturated rings. The molecule has 24 heavy (non-hydrogen) atoms. The first kappa shape index (κ1) is 17.7. The van der Waals surface area contributed by atoms with E-state index in [-0.39, 0.29) is 11.5 Å². The molecule has 0 N–H and O–H groups in total. The number of ketones is 1. The van der Waals surface area contributed by atoms with E-state index in [1.807, 2.05) is 0 Å². The Labute approximate surface area is 142 Å². The molecule has 0 bridgehead atoms. The molecule has 0 atom stereocenters. The smallest absolute Gasteiger partial charge is 0.308 e. The largest absolute Gasteiger partial charge is 0.494 e. The van der Waals surface area contributed by atoms with Crippen molar-refractivity contribution >= 4 is 11.8 Å². The summed E-state index contributed by atoms with van der Waals surface area (Å²) in [6, 6.07) is 13.7. The first-order chi connectivity index (χ1) is 11.6. The zero-order valence-electron chi connectivity index (χ0n) is 14.1. The summed E-state index contributed by atoms with van der Waals surface area (Å²) in [4.78, 5) is 23.8. The molecule has 0 saturated carbocycles. The number of carbonyl (C=O) groups excluding carboxylic acids is 2. The van der Waals surface area contributed by atoms with Crippen LogP contribution in [-0.4, -0.2) is 18.4 Å². The summed E-state index contributed by atoms with van der Waals surface area (Å²) in [6.45, 7) is 4.14. The van der Waals surface area contributed by atoms with Crippen molar-refractivity contribution in [3.63, 3.8) is 0 Å². The summed E-state index contributed by atoms with van der Waals surface area (Å²) in [7, 11) is 0. The number of esters is 1. The minimum absolute atomic E-state index is 0.190. The van der Waals surface area contributed by atoms with Gasteiger partial charge in [0.2, 0.25) is 0 Å². The summed E-state index contributed by atoms with van der Waals surface area (Å²) in [5, 5.41) is 0. The molecular formula is C20H22O4. The predicted octanol–water partition coefficient (Wildman–Crippen LogP) is 4.41. The molecule has 0 unspecified atom stereocenters. The second-order valence-electron chi connectivity index (χ2n) is 5.50. The van der Waals surface area contributed by atoms with Gasteiger partial charge < -0.3 is 9.47 Å². The van der Waals surface area contributed by atoms with E-state index < -0.39 is 5.97 Å². The number of para-hydroxylation sites is 1. The summed E-state index contributed by atoms with van der Waals surface area (Å²) in [5.74, 6) is 0.376. The highest BCUT2D eigenvalue weighted by molar-refractivity contribution is 6.11. The molecule has 2 aromatic carbocycles. The lowest BCUT2D eigenvalue weighted by Crippen LogP contribution is -2.08. The molecule has 0 radical (unpaired) electrons. The van der Waals surface area contributed by atoms with Crippen LogP contribution in [-0.2, 0) is 4.79 Å². The highest BCUT2D eigenvalue weighted by Gasteiger charge is 2.15. The predicted molar refractivity (Wildman–Crippen MR) is 92.6 cm³/mol. The quantitative estimate of drug-likeness (QED) is 0.312. The maximum Gasteiger partial charge on any atom is 0.308 e. The first-order valence-electron chi connectivity index (χ1n) is 8.17. The summed E-state index contributed by atoms with van der Waals surface area (Å²) in [6.07, 6.45) is 3.31. The van der Waals surface area contributed by atoms with Gasteiger partial charge in [0.25, 0.3) is 0 Å². The van der Waals surface area contributed by atoms with E-state index in [1.54, 1.807) is 48.5 Å². The van der Waals surface area contributed by atoms with Gasteiger partial charge in [0, 0.05) is 12.5 Å². The van der Waals surface area contributed by atoms with Crippen LogP contribution in [0.4, 0.5) is 0 Å². The lowest BCUT2D eigenvalue weighted by Gasteiger charge is -2.09. The van der Waals surface area contributed by atoms with E-state index in [2.05, 4.69) is 6.92 Å². The van der Waals surface area contributed by atoms with Gasteiger partial charge in [-0.3, -0.25) is 9.59 Å². The Morgan fingerprint density at radius 3 is 2.33 bits per heavy atom. The van der Waals surface area contributed by atoms with E-state index in [9.17, 15) is 9.59 Å². The summed E-state index contributed by atoms with van der Waals surface area (Å²) in [5.41, 5.74) is 0.889. The second kappa shape index (κ2) is 8.87. The molecule has 126 valence electrons. The van der Waals surface area contributed by atoms with E-state index in [4.69, 9.17) is 9.47 Å². The Balaban J connectivity index is 2.09. The van der Waals surface area contributed by atoms with Gasteiger partial charge in [-0.1, -0.05) is 31.9 Å². The fourth-order valence-electron chi connectivity index (χ4n) is 2.30. The molecule has 0 heterocycles. The fraction of sp³-hybridized carbons (Fsp3) is 0.300. The number of benzene rings is 2. The van der Waals surface area contributed by atoms with Crippen molar-refractivity contribution in [2.75, 3.05) is 6.61 Å². The zero-order chi connectivity index (χ0) is 17.4. The van der Waals surface area contributed by atoms with E-state index in [1.165, 1.54) is 6.92 Å². The van der Waals surface area contributed by atoms with Crippen molar-refractivity contribution in [3.8, 4) is 11.5 Å². The highest BCUT2D eigenvalue weighted by Crippen LogP contribution is 2.23. The minimum atomic E-state index is -0.453. The van der Waals surface area contributed by atoms with Crippen LogP contribution in [0, 0.1) is 0 Å². The Morgan fingerprint density at radius 2 is 1.67 bits per heavy atom. The monoisotopic (exact) mass is 326 g/mol. The van der Waals surface area contributed by atoms with Crippen molar-refractivity contribution < 1.29 is 19.1 Å². The van der Waals surface area contributed by atoms with Gasteiger partial charge in [-0.25, -0.2) is 0 Å². The molecular weight excluding hydrogens is 304 g/mol. The van der Waals surface area contributed by atoms with Crippen LogP contribution in [0.1, 0.15) is 49.0 Å². The van der Waals surface area contributed by atoms with Crippen molar-refractivity contribution in [2.45, 2.75) is 33.1 Å². The second-order valence-corrected chi connectivity index (χ2v) is 5.50. The molecule has 0 saturated heterocycles.